The second-order valence-electron chi connectivity index (χ2n) is 9.49. The molecule has 158 valence electrons. The molecule has 2 aromatic carbocycles. The van der Waals surface area contributed by atoms with Crippen molar-refractivity contribution in [3.63, 3.8) is 0 Å². The van der Waals surface area contributed by atoms with Crippen LogP contribution in [-0.4, -0.2) is 18.5 Å². The SMILES string of the molecule is CC1CC(C)(C)c2ccc(C(=O)OCCc3ccc(NC(=O)C4CCC4)cc3)cc21. The molecule has 4 nitrogen and oxygen atoms in total. The molecule has 2 aromatic rings. The monoisotopic (exact) mass is 405 g/mol. The van der Waals surface area contributed by atoms with Crippen molar-refractivity contribution in [1.82, 2.24) is 0 Å². The van der Waals surface area contributed by atoms with Gasteiger partial charge in [-0.05, 0) is 71.6 Å². The van der Waals surface area contributed by atoms with Crippen LogP contribution in [0, 0.1) is 5.92 Å². The molecular weight excluding hydrogens is 374 g/mol. The standard InChI is InChI=1S/C26H31NO3/c1-17-16-26(2,3)23-12-9-20(15-22(17)23)25(29)30-14-13-18-7-10-21(11-8-18)27-24(28)19-5-4-6-19/h7-12,15,17,19H,4-6,13-14,16H2,1-3H3,(H,27,28). The van der Waals surface area contributed by atoms with Crippen LogP contribution in [-0.2, 0) is 21.4 Å². The molecule has 30 heavy (non-hydrogen) atoms. The van der Waals surface area contributed by atoms with E-state index in [2.05, 4.69) is 32.2 Å². The number of ether oxygens (including phenoxy) is 1. The third kappa shape index (κ3) is 4.28. The molecule has 0 saturated heterocycles. The maximum atomic E-state index is 12.5. The molecule has 0 radical (unpaired) electrons. The summed E-state index contributed by atoms with van der Waals surface area (Å²) in [4.78, 5) is 24.5. The van der Waals surface area contributed by atoms with Gasteiger partial charge in [0.25, 0.3) is 0 Å². The number of fused-ring (bicyclic) bond motifs is 1. The number of carbonyl (C=O) groups is 2. The lowest BCUT2D eigenvalue weighted by molar-refractivity contribution is -0.122. The highest BCUT2D eigenvalue weighted by molar-refractivity contribution is 5.93. The zero-order valence-corrected chi connectivity index (χ0v) is 18.2. The number of carbonyl (C=O) groups excluding carboxylic acids is 2. The van der Waals surface area contributed by atoms with E-state index in [1.54, 1.807) is 0 Å². The van der Waals surface area contributed by atoms with Gasteiger partial charge in [0.2, 0.25) is 5.91 Å². The summed E-state index contributed by atoms with van der Waals surface area (Å²) in [5.74, 6) is 0.498. The van der Waals surface area contributed by atoms with Crippen LogP contribution in [0.1, 0.15) is 79.4 Å². The van der Waals surface area contributed by atoms with Crippen LogP contribution >= 0.6 is 0 Å². The normalized spacial score (nSPS) is 19.6. The first kappa shape index (κ1) is 20.6. The van der Waals surface area contributed by atoms with Gasteiger partial charge in [0, 0.05) is 18.0 Å². The molecule has 1 amide bonds. The van der Waals surface area contributed by atoms with Crippen LogP contribution in [0.2, 0.25) is 0 Å². The van der Waals surface area contributed by atoms with E-state index in [-0.39, 0.29) is 23.2 Å². The van der Waals surface area contributed by atoms with Gasteiger partial charge >= 0.3 is 5.97 Å². The minimum Gasteiger partial charge on any atom is -0.462 e. The highest BCUT2D eigenvalue weighted by Gasteiger charge is 2.34. The molecule has 0 heterocycles. The molecule has 1 fully saturated rings. The minimum absolute atomic E-state index is 0.120. The van der Waals surface area contributed by atoms with Crippen LogP contribution in [0.3, 0.4) is 0 Å². The Balaban J connectivity index is 1.29. The van der Waals surface area contributed by atoms with Gasteiger partial charge in [0.05, 0.1) is 12.2 Å². The highest BCUT2D eigenvalue weighted by atomic mass is 16.5. The molecule has 1 saturated carbocycles. The van der Waals surface area contributed by atoms with Crippen LogP contribution in [0.4, 0.5) is 5.69 Å². The molecule has 1 N–H and O–H groups in total. The van der Waals surface area contributed by atoms with Crippen molar-refractivity contribution in [3.05, 3.63) is 64.7 Å². The van der Waals surface area contributed by atoms with Crippen LogP contribution in [0.15, 0.2) is 42.5 Å². The van der Waals surface area contributed by atoms with E-state index < -0.39 is 0 Å². The van der Waals surface area contributed by atoms with Crippen LogP contribution in [0.25, 0.3) is 0 Å². The van der Waals surface area contributed by atoms with E-state index in [0.29, 0.717) is 24.5 Å². The van der Waals surface area contributed by atoms with Gasteiger partial charge in [-0.25, -0.2) is 4.79 Å². The molecule has 0 bridgehead atoms. The summed E-state index contributed by atoms with van der Waals surface area (Å²) in [6.07, 6.45) is 4.90. The van der Waals surface area contributed by atoms with Crippen molar-refractivity contribution in [3.8, 4) is 0 Å². The Labute approximate surface area is 179 Å². The van der Waals surface area contributed by atoms with Crippen molar-refractivity contribution in [1.29, 1.82) is 0 Å². The van der Waals surface area contributed by atoms with Crippen molar-refractivity contribution >= 4 is 17.6 Å². The van der Waals surface area contributed by atoms with Gasteiger partial charge in [-0.2, -0.15) is 0 Å². The van der Waals surface area contributed by atoms with E-state index in [1.807, 2.05) is 36.4 Å². The number of hydrogen-bond donors (Lipinski definition) is 1. The lowest BCUT2D eigenvalue weighted by Crippen LogP contribution is -2.27. The summed E-state index contributed by atoms with van der Waals surface area (Å²) in [6, 6.07) is 13.8. The van der Waals surface area contributed by atoms with Crippen LogP contribution in [0.5, 0.6) is 0 Å². The quantitative estimate of drug-likeness (QED) is 0.636. The van der Waals surface area contributed by atoms with Gasteiger partial charge in [0.1, 0.15) is 0 Å². The first-order chi connectivity index (χ1) is 14.3. The van der Waals surface area contributed by atoms with E-state index in [1.165, 1.54) is 11.1 Å². The van der Waals surface area contributed by atoms with E-state index in [4.69, 9.17) is 4.74 Å². The topological polar surface area (TPSA) is 55.4 Å². The first-order valence-corrected chi connectivity index (χ1v) is 11.0. The van der Waals surface area contributed by atoms with E-state index in [9.17, 15) is 9.59 Å². The molecule has 0 aliphatic heterocycles. The van der Waals surface area contributed by atoms with Crippen molar-refractivity contribution in [2.45, 2.75) is 64.2 Å². The van der Waals surface area contributed by atoms with Gasteiger partial charge in [-0.15, -0.1) is 0 Å². The highest BCUT2D eigenvalue weighted by Crippen LogP contribution is 2.45. The van der Waals surface area contributed by atoms with Crippen molar-refractivity contribution in [2.75, 3.05) is 11.9 Å². The molecule has 0 aromatic heterocycles. The van der Waals surface area contributed by atoms with E-state index in [0.717, 1.165) is 36.9 Å². The van der Waals surface area contributed by atoms with Crippen molar-refractivity contribution in [2.24, 2.45) is 5.92 Å². The number of hydrogen-bond acceptors (Lipinski definition) is 3. The fraction of sp³-hybridized carbons (Fsp3) is 0.462. The van der Waals surface area contributed by atoms with Gasteiger partial charge in [0.15, 0.2) is 0 Å². The summed E-state index contributed by atoms with van der Waals surface area (Å²) in [7, 11) is 0. The Morgan fingerprint density at radius 3 is 2.50 bits per heavy atom. The zero-order valence-electron chi connectivity index (χ0n) is 18.2. The van der Waals surface area contributed by atoms with Gasteiger partial charge in [-0.3, -0.25) is 4.79 Å². The number of benzene rings is 2. The number of rotatable bonds is 6. The second kappa shape index (κ2) is 8.25. The Morgan fingerprint density at radius 2 is 1.83 bits per heavy atom. The fourth-order valence-corrected chi connectivity index (χ4v) is 4.71. The van der Waals surface area contributed by atoms with Gasteiger partial charge in [-0.1, -0.05) is 45.4 Å². The Hall–Kier alpha value is -2.62. The molecule has 2 aliphatic rings. The smallest absolute Gasteiger partial charge is 0.338 e. The maximum Gasteiger partial charge on any atom is 0.338 e. The molecule has 1 unspecified atom stereocenters. The third-order valence-electron chi connectivity index (χ3n) is 6.69. The Morgan fingerprint density at radius 1 is 1.10 bits per heavy atom. The van der Waals surface area contributed by atoms with Crippen molar-refractivity contribution < 1.29 is 14.3 Å². The summed E-state index contributed by atoms with van der Waals surface area (Å²) >= 11 is 0. The number of nitrogens with one attached hydrogen (secondary N) is 1. The first-order valence-electron chi connectivity index (χ1n) is 11.0. The maximum absolute atomic E-state index is 12.5. The summed E-state index contributed by atoms with van der Waals surface area (Å²) in [5, 5.41) is 2.97. The minimum atomic E-state index is -0.265. The van der Waals surface area contributed by atoms with Gasteiger partial charge < -0.3 is 10.1 Å². The largest absolute Gasteiger partial charge is 0.462 e. The zero-order chi connectivity index (χ0) is 21.3. The molecule has 1 atom stereocenters. The second-order valence-corrected chi connectivity index (χ2v) is 9.49. The summed E-state index contributed by atoms with van der Waals surface area (Å²) in [6.45, 7) is 7.08. The Kier molecular flexibility index (Phi) is 5.68. The van der Waals surface area contributed by atoms with Crippen LogP contribution < -0.4 is 5.32 Å². The predicted octanol–water partition coefficient (Wildman–Crippen LogP) is 5.61. The lowest BCUT2D eigenvalue weighted by atomic mass is 9.85. The molecule has 2 aliphatic carbocycles. The number of amides is 1. The summed E-state index contributed by atoms with van der Waals surface area (Å²) < 4.78 is 5.52. The number of anilines is 1. The van der Waals surface area contributed by atoms with E-state index >= 15 is 0 Å². The average molecular weight is 406 g/mol. The predicted molar refractivity (Wildman–Crippen MR) is 119 cm³/mol. The molecule has 0 spiro atoms. The third-order valence-corrected chi connectivity index (χ3v) is 6.69. The molecule has 4 heteroatoms. The molecular formula is C26H31NO3. The Bertz CT molecular complexity index is 941. The fourth-order valence-electron chi connectivity index (χ4n) is 4.71. The lowest BCUT2D eigenvalue weighted by Gasteiger charge is -2.24. The molecule has 4 rings (SSSR count). The summed E-state index contributed by atoms with van der Waals surface area (Å²) in [5.41, 5.74) is 5.31. The average Bonchev–Trinajstić information content (AvgIpc) is 2.90. The number of esters is 1.